The summed E-state index contributed by atoms with van der Waals surface area (Å²) in [6, 6.07) is 11.3. The van der Waals surface area contributed by atoms with Crippen LogP contribution < -0.4 is 30.0 Å². The maximum atomic E-state index is 5.98. The third-order valence-corrected chi connectivity index (χ3v) is 3.89. The van der Waals surface area contributed by atoms with Crippen LogP contribution in [0.3, 0.4) is 0 Å². The number of anilines is 1. The van der Waals surface area contributed by atoms with Crippen LogP contribution in [0.4, 0.5) is 5.69 Å². The van der Waals surface area contributed by atoms with E-state index in [-0.39, 0.29) is 30.8 Å². The normalized spacial score (nSPS) is 15.0. The van der Waals surface area contributed by atoms with E-state index in [1.54, 1.807) is 0 Å². The molecule has 2 aromatic carbocycles. The first-order chi connectivity index (χ1) is 12.3. The molecule has 0 spiro atoms. The highest BCUT2D eigenvalue weighted by atomic mass is 127. The predicted molar refractivity (Wildman–Crippen MR) is 109 cm³/mol. The van der Waals surface area contributed by atoms with E-state index in [0.717, 1.165) is 34.9 Å². The predicted octanol–water partition coefficient (Wildman–Crippen LogP) is 3.12. The maximum Gasteiger partial charge on any atom is 0.231 e. The van der Waals surface area contributed by atoms with Crippen LogP contribution >= 0.6 is 24.0 Å². The van der Waals surface area contributed by atoms with E-state index in [9.17, 15) is 0 Å². The third-order valence-electron chi connectivity index (χ3n) is 3.89. The Morgan fingerprint density at radius 2 is 1.62 bits per heavy atom. The van der Waals surface area contributed by atoms with Gasteiger partial charge in [-0.3, -0.25) is 0 Å². The molecule has 0 atom stereocenters. The number of nitrogens with two attached hydrogens (primary N) is 1. The van der Waals surface area contributed by atoms with Crippen LogP contribution in [0.5, 0.6) is 23.0 Å². The molecule has 3 N–H and O–H groups in total. The molecular formula is C18H20IN3O4. The van der Waals surface area contributed by atoms with Crippen molar-refractivity contribution in [2.45, 2.75) is 13.0 Å². The van der Waals surface area contributed by atoms with Gasteiger partial charge in [-0.05, 0) is 29.8 Å². The largest absolute Gasteiger partial charge is 0.490 e. The fourth-order valence-corrected chi connectivity index (χ4v) is 2.64. The lowest BCUT2D eigenvalue weighted by Crippen LogP contribution is -2.22. The van der Waals surface area contributed by atoms with Gasteiger partial charge in [0.15, 0.2) is 29.0 Å². The number of guanidine groups is 1. The van der Waals surface area contributed by atoms with Crippen LogP contribution in [0.15, 0.2) is 41.4 Å². The van der Waals surface area contributed by atoms with Gasteiger partial charge in [-0.15, -0.1) is 24.0 Å². The first-order valence-electron chi connectivity index (χ1n) is 8.13. The lowest BCUT2D eigenvalue weighted by Gasteiger charge is -2.10. The smallest absolute Gasteiger partial charge is 0.231 e. The van der Waals surface area contributed by atoms with Gasteiger partial charge in [0.25, 0.3) is 0 Å². The topological polar surface area (TPSA) is 87.3 Å². The minimum Gasteiger partial charge on any atom is -0.490 e. The van der Waals surface area contributed by atoms with Gasteiger partial charge in [0.05, 0.1) is 19.8 Å². The second-order valence-corrected chi connectivity index (χ2v) is 5.73. The van der Waals surface area contributed by atoms with Crippen LogP contribution in [0.1, 0.15) is 12.0 Å². The zero-order valence-corrected chi connectivity index (χ0v) is 16.4. The van der Waals surface area contributed by atoms with Crippen molar-refractivity contribution in [3.63, 3.8) is 0 Å². The first kappa shape index (κ1) is 18.4. The van der Waals surface area contributed by atoms with Crippen LogP contribution in [0.25, 0.3) is 0 Å². The second kappa shape index (κ2) is 8.35. The Labute approximate surface area is 168 Å². The second-order valence-electron chi connectivity index (χ2n) is 5.73. The van der Waals surface area contributed by atoms with Gasteiger partial charge in [0, 0.05) is 18.2 Å². The molecule has 0 unspecified atom stereocenters. The molecule has 0 amide bonds. The third kappa shape index (κ3) is 4.24. The highest BCUT2D eigenvalue weighted by Crippen LogP contribution is 2.33. The number of aliphatic imine (C=N–C) groups is 1. The van der Waals surface area contributed by atoms with Gasteiger partial charge in [0.1, 0.15) is 0 Å². The fourth-order valence-electron chi connectivity index (χ4n) is 2.64. The van der Waals surface area contributed by atoms with Crippen molar-refractivity contribution in [3.8, 4) is 23.0 Å². The van der Waals surface area contributed by atoms with E-state index in [1.165, 1.54) is 0 Å². The number of nitrogens with one attached hydrogen (secondary N) is 1. The Bertz CT molecular complexity index is 813. The average Bonchev–Trinajstić information content (AvgIpc) is 2.96. The van der Waals surface area contributed by atoms with Gasteiger partial charge in [-0.2, -0.15) is 0 Å². The molecule has 4 rings (SSSR count). The summed E-state index contributed by atoms with van der Waals surface area (Å²) in [6.07, 6.45) is 0.872. The number of nitrogens with zero attached hydrogens (tertiary/aromatic N) is 1. The Morgan fingerprint density at radius 3 is 2.50 bits per heavy atom. The van der Waals surface area contributed by atoms with E-state index in [1.807, 2.05) is 36.4 Å². The standard InChI is InChI=1S/C18H19N3O4.HI/c19-18(20-10-12-2-4-15-16(8-12)25-11-24-15)21-13-3-5-14-17(9-13)23-7-1-6-22-14;/h2-5,8-9H,1,6-7,10-11H2,(H3,19,20,21);1H. The van der Waals surface area contributed by atoms with Crippen molar-refractivity contribution in [1.82, 2.24) is 0 Å². The zero-order valence-electron chi connectivity index (χ0n) is 14.1. The van der Waals surface area contributed by atoms with E-state index in [4.69, 9.17) is 24.7 Å². The van der Waals surface area contributed by atoms with Crippen molar-refractivity contribution >= 4 is 35.6 Å². The van der Waals surface area contributed by atoms with Crippen molar-refractivity contribution in [2.75, 3.05) is 25.3 Å². The van der Waals surface area contributed by atoms with Gasteiger partial charge < -0.3 is 30.0 Å². The highest BCUT2D eigenvalue weighted by Gasteiger charge is 2.13. The molecule has 0 fully saturated rings. The number of rotatable bonds is 3. The molecule has 2 aliphatic heterocycles. The summed E-state index contributed by atoms with van der Waals surface area (Å²) >= 11 is 0. The molecule has 0 saturated carbocycles. The molecule has 8 heteroatoms. The summed E-state index contributed by atoms with van der Waals surface area (Å²) in [6.45, 7) is 2.01. The molecule has 0 aliphatic carbocycles. The lowest BCUT2D eigenvalue weighted by molar-refractivity contribution is 0.174. The zero-order chi connectivity index (χ0) is 17.1. The molecule has 7 nitrogen and oxygen atoms in total. The molecule has 0 bridgehead atoms. The van der Waals surface area contributed by atoms with Gasteiger partial charge in [-0.1, -0.05) is 6.07 Å². The molecule has 0 radical (unpaired) electrons. The van der Waals surface area contributed by atoms with Crippen LogP contribution in [-0.4, -0.2) is 26.0 Å². The summed E-state index contributed by atoms with van der Waals surface area (Å²) in [5.74, 6) is 3.28. The van der Waals surface area contributed by atoms with Crippen LogP contribution in [-0.2, 0) is 6.54 Å². The van der Waals surface area contributed by atoms with Gasteiger partial charge in [-0.25, -0.2) is 4.99 Å². The van der Waals surface area contributed by atoms with E-state index < -0.39 is 0 Å². The minimum absolute atomic E-state index is 0. The molecule has 0 aromatic heterocycles. The van der Waals surface area contributed by atoms with Crippen LogP contribution in [0.2, 0.25) is 0 Å². The quantitative estimate of drug-likeness (QED) is 0.408. The molecular weight excluding hydrogens is 449 g/mol. The summed E-state index contributed by atoms with van der Waals surface area (Å²) in [7, 11) is 0. The SMILES string of the molecule is I.NC(=NCc1ccc2c(c1)OCO2)Nc1ccc2c(c1)OCCCO2. The summed E-state index contributed by atoms with van der Waals surface area (Å²) in [5.41, 5.74) is 7.78. The van der Waals surface area contributed by atoms with Gasteiger partial charge in [0.2, 0.25) is 6.79 Å². The van der Waals surface area contributed by atoms with Crippen molar-refractivity contribution in [1.29, 1.82) is 0 Å². The molecule has 0 saturated heterocycles. The Morgan fingerprint density at radius 1 is 0.923 bits per heavy atom. The summed E-state index contributed by atoms with van der Waals surface area (Å²) < 4.78 is 21.9. The molecule has 138 valence electrons. The van der Waals surface area contributed by atoms with Crippen molar-refractivity contribution in [2.24, 2.45) is 10.7 Å². The summed E-state index contributed by atoms with van der Waals surface area (Å²) in [4.78, 5) is 4.36. The number of fused-ring (bicyclic) bond motifs is 2. The number of hydrogen-bond donors (Lipinski definition) is 2. The average molecular weight is 469 g/mol. The Hall–Kier alpha value is -2.36. The van der Waals surface area contributed by atoms with E-state index in [2.05, 4.69) is 10.3 Å². The number of halogens is 1. The van der Waals surface area contributed by atoms with Crippen molar-refractivity contribution in [3.05, 3.63) is 42.0 Å². The lowest BCUT2D eigenvalue weighted by atomic mass is 10.2. The molecule has 2 aromatic rings. The first-order valence-corrected chi connectivity index (χ1v) is 8.13. The summed E-state index contributed by atoms with van der Waals surface area (Å²) in [5, 5.41) is 3.07. The molecule has 2 heterocycles. The maximum absolute atomic E-state index is 5.98. The Kier molecular flexibility index (Phi) is 5.92. The highest BCUT2D eigenvalue weighted by molar-refractivity contribution is 14.0. The van der Waals surface area contributed by atoms with Gasteiger partial charge >= 0.3 is 0 Å². The number of hydrogen-bond acceptors (Lipinski definition) is 5. The molecule has 26 heavy (non-hydrogen) atoms. The fraction of sp³-hybridized carbons (Fsp3) is 0.278. The number of ether oxygens (including phenoxy) is 4. The van der Waals surface area contributed by atoms with E-state index in [0.29, 0.717) is 31.5 Å². The monoisotopic (exact) mass is 469 g/mol. The molecule has 2 aliphatic rings. The minimum atomic E-state index is 0. The van der Waals surface area contributed by atoms with Crippen molar-refractivity contribution < 1.29 is 18.9 Å². The number of benzene rings is 2. The van der Waals surface area contributed by atoms with Crippen LogP contribution in [0, 0.1) is 0 Å². The van der Waals surface area contributed by atoms with E-state index >= 15 is 0 Å². The Balaban J connectivity index is 0.00000196.